The van der Waals surface area contributed by atoms with Crippen LogP contribution >= 0.6 is 15.9 Å². The van der Waals surface area contributed by atoms with Crippen molar-refractivity contribution in [3.63, 3.8) is 0 Å². The molecule has 0 saturated heterocycles. The second-order valence-electron chi connectivity index (χ2n) is 4.10. The number of hydrogen-bond donors (Lipinski definition) is 2. The third-order valence-electron chi connectivity index (χ3n) is 2.63. The number of rotatable bonds is 7. The fourth-order valence-electron chi connectivity index (χ4n) is 1.47. The van der Waals surface area contributed by atoms with E-state index in [-0.39, 0.29) is 17.8 Å². The maximum atomic E-state index is 13.3. The molecule has 0 saturated carbocycles. The fourth-order valence-corrected chi connectivity index (χ4v) is 1.87. The van der Waals surface area contributed by atoms with E-state index in [1.54, 1.807) is 26.2 Å². The molecule has 0 fully saturated rings. The average Bonchev–Trinajstić information content (AvgIpc) is 2.40. The number of methoxy groups -OCH3 is 1. The first-order chi connectivity index (χ1) is 9.06. The molecule has 2 N–H and O–H groups in total. The quantitative estimate of drug-likeness (QED) is 0.749. The molecule has 0 radical (unpaired) electrons. The van der Waals surface area contributed by atoms with Crippen LogP contribution < -0.4 is 10.6 Å². The van der Waals surface area contributed by atoms with E-state index < -0.39 is 0 Å². The Bertz CT molecular complexity index is 429. The van der Waals surface area contributed by atoms with Gasteiger partial charge in [0.15, 0.2) is 0 Å². The number of carbonyl (C=O) groups is 1. The van der Waals surface area contributed by atoms with Crippen molar-refractivity contribution in [3.05, 3.63) is 34.1 Å². The number of amides is 1. The third kappa shape index (κ3) is 5.26. The number of benzene rings is 1. The number of carbonyl (C=O) groups excluding carboxylic acids is 1. The maximum absolute atomic E-state index is 13.3. The van der Waals surface area contributed by atoms with Crippen molar-refractivity contribution in [1.82, 2.24) is 10.6 Å². The van der Waals surface area contributed by atoms with Crippen molar-refractivity contribution in [1.29, 1.82) is 0 Å². The highest BCUT2D eigenvalue weighted by atomic mass is 79.9. The summed E-state index contributed by atoms with van der Waals surface area (Å²) in [4.78, 5) is 11.7. The molecule has 1 amide bonds. The van der Waals surface area contributed by atoms with E-state index >= 15 is 0 Å². The van der Waals surface area contributed by atoms with Gasteiger partial charge in [0.1, 0.15) is 5.82 Å². The maximum Gasteiger partial charge on any atom is 0.236 e. The van der Waals surface area contributed by atoms with Gasteiger partial charge in [0.2, 0.25) is 5.91 Å². The highest BCUT2D eigenvalue weighted by Crippen LogP contribution is 2.20. The van der Waals surface area contributed by atoms with Gasteiger partial charge in [-0.15, -0.1) is 0 Å². The van der Waals surface area contributed by atoms with Crippen LogP contribution in [0.15, 0.2) is 22.7 Å². The zero-order chi connectivity index (χ0) is 14.3. The molecule has 0 bridgehead atoms. The van der Waals surface area contributed by atoms with E-state index in [1.165, 1.54) is 6.07 Å². The van der Waals surface area contributed by atoms with Crippen LogP contribution in [0.4, 0.5) is 4.39 Å². The summed E-state index contributed by atoms with van der Waals surface area (Å²) < 4.78 is 18.6. The van der Waals surface area contributed by atoms with Crippen molar-refractivity contribution in [2.75, 3.05) is 20.3 Å². The monoisotopic (exact) mass is 332 g/mol. The number of halogens is 2. The van der Waals surface area contributed by atoms with Gasteiger partial charge in [0.25, 0.3) is 0 Å². The Morgan fingerprint density at radius 2 is 2.26 bits per heavy atom. The highest BCUT2D eigenvalue weighted by Gasteiger charge is 2.12. The Balaban J connectivity index is 2.43. The molecule has 1 unspecified atom stereocenters. The van der Waals surface area contributed by atoms with Gasteiger partial charge in [-0.3, -0.25) is 4.79 Å². The topological polar surface area (TPSA) is 50.4 Å². The Hall–Kier alpha value is -0.980. The predicted octanol–water partition coefficient (Wildman–Crippen LogP) is 1.83. The lowest BCUT2D eigenvalue weighted by molar-refractivity contribution is -0.122. The molecule has 106 valence electrons. The van der Waals surface area contributed by atoms with Crippen LogP contribution in [-0.4, -0.2) is 32.2 Å². The van der Waals surface area contributed by atoms with Gasteiger partial charge >= 0.3 is 0 Å². The number of nitrogens with one attached hydrogen (secondary N) is 2. The van der Waals surface area contributed by atoms with Gasteiger partial charge < -0.3 is 15.4 Å². The molecule has 19 heavy (non-hydrogen) atoms. The molecule has 0 aliphatic rings. The van der Waals surface area contributed by atoms with Gasteiger partial charge in [0, 0.05) is 20.2 Å². The molecule has 1 aromatic rings. The van der Waals surface area contributed by atoms with E-state index in [9.17, 15) is 9.18 Å². The summed E-state index contributed by atoms with van der Waals surface area (Å²) in [6, 6.07) is 4.47. The fraction of sp³-hybridized carbons (Fsp3) is 0.462. The van der Waals surface area contributed by atoms with Crippen molar-refractivity contribution < 1.29 is 13.9 Å². The molecule has 1 rings (SSSR count). The first kappa shape index (κ1) is 16.1. The second-order valence-corrected chi connectivity index (χ2v) is 4.89. The second kappa shape index (κ2) is 8.24. The summed E-state index contributed by atoms with van der Waals surface area (Å²) in [5.41, 5.74) is 0.775. The summed E-state index contributed by atoms with van der Waals surface area (Å²) in [5, 5.41) is 5.78. The van der Waals surface area contributed by atoms with E-state index in [1.807, 2.05) is 0 Å². The van der Waals surface area contributed by atoms with Crippen LogP contribution in [0.1, 0.15) is 12.5 Å². The summed E-state index contributed by atoms with van der Waals surface area (Å²) in [6.07, 6.45) is 0. The minimum atomic E-state index is -0.355. The third-order valence-corrected chi connectivity index (χ3v) is 3.52. The summed E-state index contributed by atoms with van der Waals surface area (Å²) in [7, 11) is 1.58. The minimum absolute atomic E-state index is 0.107. The molecule has 4 nitrogen and oxygen atoms in total. The van der Waals surface area contributed by atoms with Crippen molar-refractivity contribution >= 4 is 21.8 Å². The van der Waals surface area contributed by atoms with Crippen LogP contribution in [0.5, 0.6) is 0 Å². The SMILES string of the molecule is COCCNC(=O)C(C)NCc1cccc(F)c1Br. The Morgan fingerprint density at radius 1 is 1.53 bits per heavy atom. The molecular weight excluding hydrogens is 315 g/mol. The lowest BCUT2D eigenvalue weighted by Crippen LogP contribution is -2.42. The zero-order valence-corrected chi connectivity index (χ0v) is 12.6. The Labute approximate surface area is 120 Å². The first-order valence-electron chi connectivity index (χ1n) is 5.99. The van der Waals surface area contributed by atoms with E-state index in [0.29, 0.717) is 24.2 Å². The van der Waals surface area contributed by atoms with Crippen molar-refractivity contribution in [2.24, 2.45) is 0 Å². The number of hydrogen-bond acceptors (Lipinski definition) is 3. The van der Waals surface area contributed by atoms with E-state index in [2.05, 4.69) is 26.6 Å². The van der Waals surface area contributed by atoms with Gasteiger partial charge in [-0.25, -0.2) is 4.39 Å². The molecule has 0 aliphatic heterocycles. The smallest absolute Gasteiger partial charge is 0.236 e. The molecule has 0 aliphatic carbocycles. The van der Waals surface area contributed by atoms with Gasteiger partial charge in [-0.1, -0.05) is 12.1 Å². The normalized spacial score (nSPS) is 12.2. The van der Waals surface area contributed by atoms with Crippen molar-refractivity contribution in [2.45, 2.75) is 19.5 Å². The Morgan fingerprint density at radius 3 is 2.95 bits per heavy atom. The molecule has 0 spiro atoms. The van der Waals surface area contributed by atoms with E-state index in [4.69, 9.17) is 4.74 Å². The van der Waals surface area contributed by atoms with Crippen LogP contribution in [0.2, 0.25) is 0 Å². The largest absolute Gasteiger partial charge is 0.383 e. The lowest BCUT2D eigenvalue weighted by atomic mass is 10.2. The molecule has 0 heterocycles. The lowest BCUT2D eigenvalue weighted by Gasteiger charge is -2.14. The summed E-state index contributed by atoms with van der Waals surface area (Å²) in [6.45, 7) is 3.13. The standard InChI is InChI=1S/C13H18BrFN2O2/c1-9(13(18)16-6-7-19-2)17-8-10-4-3-5-11(15)12(10)14/h3-5,9,17H,6-8H2,1-2H3,(H,16,18). The average molecular weight is 333 g/mol. The van der Waals surface area contributed by atoms with Gasteiger partial charge in [-0.05, 0) is 34.5 Å². The summed E-state index contributed by atoms with van der Waals surface area (Å²) in [5.74, 6) is -0.416. The molecule has 6 heteroatoms. The van der Waals surface area contributed by atoms with Gasteiger partial charge in [-0.2, -0.15) is 0 Å². The van der Waals surface area contributed by atoms with Crippen molar-refractivity contribution in [3.8, 4) is 0 Å². The molecule has 0 aromatic heterocycles. The van der Waals surface area contributed by atoms with Crippen LogP contribution in [0.3, 0.4) is 0 Å². The molecule has 1 aromatic carbocycles. The Kier molecular flexibility index (Phi) is 6.97. The highest BCUT2D eigenvalue weighted by molar-refractivity contribution is 9.10. The summed E-state index contributed by atoms with van der Waals surface area (Å²) >= 11 is 3.19. The van der Waals surface area contributed by atoms with Crippen LogP contribution in [0, 0.1) is 5.82 Å². The van der Waals surface area contributed by atoms with Gasteiger partial charge in [0.05, 0.1) is 17.1 Å². The minimum Gasteiger partial charge on any atom is -0.383 e. The predicted molar refractivity (Wildman–Crippen MR) is 75.3 cm³/mol. The van der Waals surface area contributed by atoms with E-state index in [0.717, 1.165) is 5.56 Å². The first-order valence-corrected chi connectivity index (χ1v) is 6.78. The molecule has 1 atom stereocenters. The van der Waals surface area contributed by atoms with Crippen LogP contribution in [-0.2, 0) is 16.1 Å². The molecular formula is C13H18BrFN2O2. The van der Waals surface area contributed by atoms with Crippen LogP contribution in [0.25, 0.3) is 0 Å². The zero-order valence-electron chi connectivity index (χ0n) is 11.0. The number of ether oxygens (including phenoxy) is 1.